The second kappa shape index (κ2) is 7.59. The lowest BCUT2D eigenvalue weighted by molar-refractivity contribution is 0.326. The molecule has 2 heterocycles. The molecule has 0 fully saturated rings. The zero-order chi connectivity index (χ0) is 22.3. The summed E-state index contributed by atoms with van der Waals surface area (Å²) in [7, 11) is 1.38. The predicted octanol–water partition coefficient (Wildman–Crippen LogP) is 3.34. The highest BCUT2D eigenvalue weighted by molar-refractivity contribution is 5.63. The van der Waals surface area contributed by atoms with Gasteiger partial charge in [0.25, 0.3) is 5.56 Å². The first kappa shape index (κ1) is 21.5. The van der Waals surface area contributed by atoms with Gasteiger partial charge in [-0.05, 0) is 16.4 Å². The van der Waals surface area contributed by atoms with Crippen LogP contribution >= 0.6 is 0 Å². The van der Waals surface area contributed by atoms with E-state index in [-0.39, 0.29) is 22.3 Å². The fourth-order valence-corrected chi connectivity index (χ4v) is 3.16. The number of ether oxygens (including phenoxy) is 1. The summed E-state index contributed by atoms with van der Waals surface area (Å²) in [4.78, 5) is 33.6. The van der Waals surface area contributed by atoms with Crippen molar-refractivity contribution in [2.75, 3.05) is 7.11 Å². The van der Waals surface area contributed by atoms with Crippen LogP contribution in [0.25, 0.3) is 22.9 Å². The van der Waals surface area contributed by atoms with E-state index in [0.29, 0.717) is 18.2 Å². The molecule has 160 valence electrons. The zero-order valence-electron chi connectivity index (χ0n) is 18.6. The first-order valence-electron chi connectivity index (χ1n) is 9.86. The molecule has 0 saturated carbocycles. The molecule has 30 heavy (non-hydrogen) atoms. The zero-order valence-corrected chi connectivity index (χ0v) is 18.6. The second-order valence-electron chi connectivity index (χ2n) is 9.62. The van der Waals surface area contributed by atoms with Crippen LogP contribution in [0.15, 0.2) is 33.9 Å². The molecule has 0 aliphatic rings. The summed E-state index contributed by atoms with van der Waals surface area (Å²) in [6, 6.07) is 8.10. The number of hydrogen-bond acceptors (Lipinski definition) is 5. The van der Waals surface area contributed by atoms with Gasteiger partial charge in [0.2, 0.25) is 5.75 Å². The topological polar surface area (TPSA) is 106 Å². The van der Waals surface area contributed by atoms with E-state index in [1.807, 2.05) is 12.1 Å². The molecule has 1 aromatic carbocycles. The van der Waals surface area contributed by atoms with Gasteiger partial charge >= 0.3 is 5.69 Å². The van der Waals surface area contributed by atoms with E-state index in [4.69, 9.17) is 4.74 Å². The lowest BCUT2D eigenvalue weighted by Crippen LogP contribution is -2.25. The van der Waals surface area contributed by atoms with E-state index in [1.165, 1.54) is 12.7 Å². The molecule has 0 amide bonds. The fourth-order valence-electron chi connectivity index (χ4n) is 3.16. The third-order valence-electron chi connectivity index (χ3n) is 4.63. The Morgan fingerprint density at radius 1 is 1.00 bits per heavy atom. The Labute approximate surface area is 175 Å². The van der Waals surface area contributed by atoms with Crippen LogP contribution in [0.3, 0.4) is 0 Å². The highest BCUT2D eigenvalue weighted by Gasteiger charge is 2.23. The molecule has 3 rings (SSSR count). The Bertz CT molecular complexity index is 1160. The summed E-state index contributed by atoms with van der Waals surface area (Å²) in [6.45, 7) is 13.2. The monoisotopic (exact) mass is 411 g/mol. The smallest absolute Gasteiger partial charge is 0.326 e. The standard InChI is InChI=1S/C22H29N5O3/c1-21(2,3)12-27-18(15-16(30-7)19(28)25-20(29)23-15)24-17(26-27)13-8-10-14(11-9-13)22(4,5)6/h8-11H,12H2,1-7H3,(H2,23,25,28,29). The molecule has 0 unspecified atom stereocenters. The van der Waals surface area contributed by atoms with Crippen LogP contribution in [0.4, 0.5) is 0 Å². The molecule has 0 aliphatic carbocycles. The molecule has 8 heteroatoms. The van der Waals surface area contributed by atoms with Crippen molar-refractivity contribution in [3.63, 3.8) is 0 Å². The van der Waals surface area contributed by atoms with Crippen LogP contribution in [0.1, 0.15) is 47.1 Å². The van der Waals surface area contributed by atoms with E-state index >= 15 is 0 Å². The van der Waals surface area contributed by atoms with Crippen molar-refractivity contribution in [2.45, 2.75) is 53.5 Å². The summed E-state index contributed by atoms with van der Waals surface area (Å²) in [5, 5.41) is 4.68. The molecule has 3 aromatic rings. The number of benzene rings is 1. The number of H-pyrrole nitrogens is 2. The van der Waals surface area contributed by atoms with Crippen molar-refractivity contribution >= 4 is 0 Å². The van der Waals surface area contributed by atoms with Gasteiger partial charge in [0.15, 0.2) is 11.6 Å². The van der Waals surface area contributed by atoms with Gasteiger partial charge in [-0.1, -0.05) is 65.8 Å². The van der Waals surface area contributed by atoms with Crippen LogP contribution in [0, 0.1) is 5.41 Å². The molecule has 0 atom stereocenters. The number of nitrogens with one attached hydrogen (secondary N) is 2. The van der Waals surface area contributed by atoms with E-state index in [0.717, 1.165) is 5.56 Å². The van der Waals surface area contributed by atoms with Gasteiger partial charge in [0, 0.05) is 12.1 Å². The first-order valence-corrected chi connectivity index (χ1v) is 9.86. The van der Waals surface area contributed by atoms with Crippen molar-refractivity contribution in [3.8, 4) is 28.7 Å². The maximum Gasteiger partial charge on any atom is 0.326 e. The molecule has 0 bridgehead atoms. The summed E-state index contributed by atoms with van der Waals surface area (Å²) in [5.74, 6) is 0.879. The molecular formula is C22H29N5O3. The van der Waals surface area contributed by atoms with Gasteiger partial charge in [-0.15, -0.1) is 0 Å². The molecule has 0 saturated heterocycles. The minimum absolute atomic E-state index is 0.00760. The predicted molar refractivity (Wildman–Crippen MR) is 117 cm³/mol. The summed E-state index contributed by atoms with van der Waals surface area (Å²) in [5.41, 5.74) is 0.963. The minimum atomic E-state index is -0.628. The average molecular weight is 412 g/mol. The van der Waals surface area contributed by atoms with Crippen LogP contribution in [-0.2, 0) is 12.0 Å². The highest BCUT2D eigenvalue weighted by Crippen LogP contribution is 2.29. The van der Waals surface area contributed by atoms with Crippen molar-refractivity contribution in [1.29, 1.82) is 0 Å². The van der Waals surface area contributed by atoms with E-state index in [9.17, 15) is 9.59 Å². The van der Waals surface area contributed by atoms with Crippen molar-refractivity contribution in [1.82, 2.24) is 24.7 Å². The number of rotatable bonds is 4. The lowest BCUT2D eigenvalue weighted by atomic mass is 9.87. The van der Waals surface area contributed by atoms with E-state index < -0.39 is 11.2 Å². The van der Waals surface area contributed by atoms with Crippen LogP contribution in [0.5, 0.6) is 5.75 Å². The SMILES string of the molecule is COc1c(-c2nc(-c3ccc(C(C)(C)C)cc3)nn2CC(C)(C)C)[nH]c(=O)[nH]c1=O. The van der Waals surface area contributed by atoms with Crippen molar-refractivity contribution < 1.29 is 4.74 Å². The van der Waals surface area contributed by atoms with Crippen molar-refractivity contribution in [3.05, 3.63) is 50.7 Å². The molecule has 8 nitrogen and oxygen atoms in total. The van der Waals surface area contributed by atoms with Gasteiger partial charge in [0.1, 0.15) is 5.69 Å². The summed E-state index contributed by atoms with van der Waals surface area (Å²) >= 11 is 0. The molecule has 0 radical (unpaired) electrons. The van der Waals surface area contributed by atoms with Gasteiger partial charge < -0.3 is 9.72 Å². The number of nitrogens with zero attached hydrogens (tertiary/aromatic N) is 3. The van der Waals surface area contributed by atoms with Crippen LogP contribution in [0.2, 0.25) is 0 Å². The fraction of sp³-hybridized carbons (Fsp3) is 0.455. The maximum absolute atomic E-state index is 12.2. The largest absolute Gasteiger partial charge is 0.490 e. The average Bonchev–Trinajstić information content (AvgIpc) is 3.02. The molecule has 0 spiro atoms. The minimum Gasteiger partial charge on any atom is -0.490 e. The number of methoxy groups -OCH3 is 1. The number of hydrogen-bond donors (Lipinski definition) is 2. The molecular weight excluding hydrogens is 382 g/mol. The number of aromatic nitrogens is 5. The normalized spacial score (nSPS) is 12.2. The molecule has 2 aromatic heterocycles. The van der Waals surface area contributed by atoms with Crippen molar-refractivity contribution in [2.24, 2.45) is 5.41 Å². The summed E-state index contributed by atoms with van der Waals surface area (Å²) in [6.07, 6.45) is 0. The quantitative estimate of drug-likeness (QED) is 0.685. The Kier molecular flexibility index (Phi) is 5.45. The number of aromatic amines is 2. The van der Waals surface area contributed by atoms with Crippen LogP contribution in [-0.4, -0.2) is 31.8 Å². The lowest BCUT2D eigenvalue weighted by Gasteiger charge is -2.19. The van der Waals surface area contributed by atoms with Gasteiger partial charge in [-0.3, -0.25) is 9.78 Å². The second-order valence-corrected chi connectivity index (χ2v) is 9.62. The van der Waals surface area contributed by atoms with E-state index in [2.05, 4.69) is 73.7 Å². The molecule has 0 aliphatic heterocycles. The Morgan fingerprint density at radius 2 is 1.63 bits per heavy atom. The Balaban J connectivity index is 2.18. The maximum atomic E-state index is 12.2. The van der Waals surface area contributed by atoms with Crippen LogP contribution < -0.4 is 16.0 Å². The van der Waals surface area contributed by atoms with Gasteiger partial charge in [-0.2, -0.15) is 5.10 Å². The summed E-state index contributed by atoms with van der Waals surface area (Å²) < 4.78 is 6.95. The first-order chi connectivity index (χ1) is 13.9. The van der Waals surface area contributed by atoms with E-state index in [1.54, 1.807) is 4.68 Å². The third-order valence-corrected chi connectivity index (χ3v) is 4.63. The molecule has 2 N–H and O–H groups in total. The Morgan fingerprint density at radius 3 is 2.17 bits per heavy atom. The third kappa shape index (κ3) is 4.53. The van der Waals surface area contributed by atoms with Gasteiger partial charge in [0.05, 0.1) is 7.11 Å². The highest BCUT2D eigenvalue weighted by atomic mass is 16.5. The van der Waals surface area contributed by atoms with Gasteiger partial charge in [-0.25, -0.2) is 14.5 Å². The Hall–Kier alpha value is -3.16.